The van der Waals surface area contributed by atoms with Gasteiger partial charge in [0.25, 0.3) is 0 Å². The maximum absolute atomic E-state index is 5.82. The molecule has 0 spiro atoms. The zero-order chi connectivity index (χ0) is 14.3. The predicted molar refractivity (Wildman–Crippen MR) is 83.7 cm³/mol. The van der Waals surface area contributed by atoms with Gasteiger partial charge in [-0.3, -0.25) is 0 Å². The predicted octanol–water partition coefficient (Wildman–Crippen LogP) is 2.53. The Kier molecular flexibility index (Phi) is 6.64. The number of hydrogen-bond donors (Lipinski definition) is 1. The van der Waals surface area contributed by atoms with Crippen LogP contribution < -0.4 is 10.6 Å². The van der Waals surface area contributed by atoms with E-state index in [4.69, 9.17) is 5.73 Å². The third-order valence-corrected chi connectivity index (χ3v) is 3.61. The standard InChI is InChI=1S/C15H28N4/c1-5-18(6-2)11-8-12-19(7-3)15-10-9-14(16)13(4)17-15/h9-10H,5-8,11-12,16H2,1-4H3. The Morgan fingerprint density at radius 2 is 1.74 bits per heavy atom. The van der Waals surface area contributed by atoms with Gasteiger partial charge in [-0.1, -0.05) is 13.8 Å². The van der Waals surface area contributed by atoms with E-state index in [1.807, 2.05) is 19.1 Å². The van der Waals surface area contributed by atoms with Crippen LogP contribution in [0.15, 0.2) is 12.1 Å². The molecule has 2 N–H and O–H groups in total. The van der Waals surface area contributed by atoms with Gasteiger partial charge in [0, 0.05) is 13.1 Å². The monoisotopic (exact) mass is 264 g/mol. The molecule has 1 rings (SSSR count). The fraction of sp³-hybridized carbons (Fsp3) is 0.667. The van der Waals surface area contributed by atoms with E-state index in [1.165, 1.54) is 6.42 Å². The summed E-state index contributed by atoms with van der Waals surface area (Å²) in [5, 5.41) is 0. The summed E-state index contributed by atoms with van der Waals surface area (Å²) >= 11 is 0. The minimum atomic E-state index is 0.767. The highest BCUT2D eigenvalue weighted by Gasteiger charge is 2.08. The minimum absolute atomic E-state index is 0.767. The molecule has 0 radical (unpaired) electrons. The molecule has 108 valence electrons. The average molecular weight is 264 g/mol. The SMILES string of the molecule is CCN(CC)CCCN(CC)c1ccc(N)c(C)n1. The highest BCUT2D eigenvalue weighted by Crippen LogP contribution is 2.16. The number of nitrogens with zero attached hydrogens (tertiary/aromatic N) is 3. The van der Waals surface area contributed by atoms with E-state index < -0.39 is 0 Å². The number of nitrogens with two attached hydrogens (primary N) is 1. The normalized spacial score (nSPS) is 11.0. The van der Waals surface area contributed by atoms with Gasteiger partial charge in [-0.2, -0.15) is 0 Å². The fourth-order valence-electron chi connectivity index (χ4n) is 2.19. The maximum Gasteiger partial charge on any atom is 0.128 e. The molecule has 0 aliphatic heterocycles. The molecule has 0 saturated carbocycles. The number of aromatic nitrogens is 1. The van der Waals surface area contributed by atoms with E-state index in [9.17, 15) is 0 Å². The van der Waals surface area contributed by atoms with Crippen LogP contribution in [-0.2, 0) is 0 Å². The van der Waals surface area contributed by atoms with E-state index in [1.54, 1.807) is 0 Å². The molecule has 0 fully saturated rings. The van der Waals surface area contributed by atoms with Crippen LogP contribution in [0.25, 0.3) is 0 Å². The Labute approximate surface area is 117 Å². The van der Waals surface area contributed by atoms with Gasteiger partial charge in [-0.05, 0) is 52.0 Å². The van der Waals surface area contributed by atoms with Crippen molar-refractivity contribution in [2.45, 2.75) is 34.1 Å². The summed E-state index contributed by atoms with van der Waals surface area (Å²) in [6, 6.07) is 3.97. The third-order valence-electron chi connectivity index (χ3n) is 3.61. The maximum atomic E-state index is 5.82. The lowest BCUT2D eigenvalue weighted by molar-refractivity contribution is 0.300. The van der Waals surface area contributed by atoms with Crippen molar-refractivity contribution in [1.29, 1.82) is 0 Å². The summed E-state index contributed by atoms with van der Waals surface area (Å²) < 4.78 is 0. The van der Waals surface area contributed by atoms with E-state index in [2.05, 4.69) is 35.6 Å². The Bertz CT molecular complexity index is 374. The molecule has 0 aromatic carbocycles. The van der Waals surface area contributed by atoms with Crippen LogP contribution in [0, 0.1) is 6.92 Å². The van der Waals surface area contributed by atoms with Crippen LogP contribution in [0.4, 0.5) is 11.5 Å². The van der Waals surface area contributed by atoms with Crippen LogP contribution in [-0.4, -0.2) is 42.6 Å². The van der Waals surface area contributed by atoms with Crippen LogP contribution in [0.2, 0.25) is 0 Å². The molecule has 0 unspecified atom stereocenters. The first-order chi connectivity index (χ1) is 9.12. The van der Waals surface area contributed by atoms with Gasteiger partial charge in [0.15, 0.2) is 0 Å². The molecular weight excluding hydrogens is 236 g/mol. The van der Waals surface area contributed by atoms with Gasteiger partial charge in [0.2, 0.25) is 0 Å². The summed E-state index contributed by atoms with van der Waals surface area (Å²) in [6.45, 7) is 14.0. The molecule has 0 aliphatic rings. The quantitative estimate of drug-likeness (QED) is 0.783. The molecule has 4 nitrogen and oxygen atoms in total. The number of nitrogen functional groups attached to an aromatic ring is 1. The van der Waals surface area contributed by atoms with Crippen molar-refractivity contribution in [2.75, 3.05) is 43.4 Å². The van der Waals surface area contributed by atoms with Gasteiger partial charge in [-0.25, -0.2) is 4.98 Å². The van der Waals surface area contributed by atoms with Crippen molar-refractivity contribution < 1.29 is 0 Å². The molecule has 0 amide bonds. The average Bonchev–Trinajstić information content (AvgIpc) is 2.42. The molecule has 1 aromatic heterocycles. The van der Waals surface area contributed by atoms with Gasteiger partial charge in [-0.15, -0.1) is 0 Å². The third kappa shape index (κ3) is 4.71. The number of anilines is 2. The summed E-state index contributed by atoms with van der Waals surface area (Å²) in [6.07, 6.45) is 1.17. The van der Waals surface area contributed by atoms with Crippen molar-refractivity contribution in [2.24, 2.45) is 0 Å². The molecular formula is C15H28N4. The highest BCUT2D eigenvalue weighted by molar-refractivity contribution is 5.50. The Morgan fingerprint density at radius 1 is 1.05 bits per heavy atom. The Hall–Kier alpha value is -1.29. The lowest BCUT2D eigenvalue weighted by Gasteiger charge is -2.24. The highest BCUT2D eigenvalue weighted by atomic mass is 15.2. The van der Waals surface area contributed by atoms with Crippen LogP contribution >= 0.6 is 0 Å². The van der Waals surface area contributed by atoms with E-state index in [-0.39, 0.29) is 0 Å². The molecule has 0 saturated heterocycles. The number of aryl methyl sites for hydroxylation is 1. The van der Waals surface area contributed by atoms with Gasteiger partial charge in [0.1, 0.15) is 5.82 Å². The molecule has 1 heterocycles. The first-order valence-corrected chi connectivity index (χ1v) is 7.32. The van der Waals surface area contributed by atoms with Gasteiger partial charge < -0.3 is 15.5 Å². The first-order valence-electron chi connectivity index (χ1n) is 7.32. The largest absolute Gasteiger partial charge is 0.397 e. The number of hydrogen-bond acceptors (Lipinski definition) is 4. The Morgan fingerprint density at radius 3 is 2.26 bits per heavy atom. The zero-order valence-corrected chi connectivity index (χ0v) is 12.8. The molecule has 4 heteroatoms. The van der Waals surface area contributed by atoms with Crippen LogP contribution in [0.1, 0.15) is 32.9 Å². The molecule has 0 bridgehead atoms. The molecule has 0 aliphatic carbocycles. The zero-order valence-electron chi connectivity index (χ0n) is 12.8. The van der Waals surface area contributed by atoms with Crippen LogP contribution in [0.3, 0.4) is 0 Å². The van der Waals surface area contributed by atoms with Crippen molar-refractivity contribution in [3.8, 4) is 0 Å². The van der Waals surface area contributed by atoms with Crippen molar-refractivity contribution in [1.82, 2.24) is 9.88 Å². The Balaban J connectivity index is 2.55. The second-order valence-electron chi connectivity index (χ2n) is 4.80. The first kappa shape index (κ1) is 15.8. The van der Waals surface area contributed by atoms with Gasteiger partial charge in [0.05, 0.1) is 11.4 Å². The topological polar surface area (TPSA) is 45.4 Å². The van der Waals surface area contributed by atoms with E-state index in [0.717, 1.165) is 49.9 Å². The smallest absolute Gasteiger partial charge is 0.128 e. The van der Waals surface area contributed by atoms with Crippen LogP contribution in [0.5, 0.6) is 0 Å². The summed E-state index contributed by atoms with van der Waals surface area (Å²) in [4.78, 5) is 9.34. The second-order valence-corrected chi connectivity index (χ2v) is 4.80. The summed E-state index contributed by atoms with van der Waals surface area (Å²) in [5.41, 5.74) is 7.50. The lowest BCUT2D eigenvalue weighted by Crippen LogP contribution is -2.30. The van der Waals surface area contributed by atoms with Crippen molar-refractivity contribution in [3.63, 3.8) is 0 Å². The van der Waals surface area contributed by atoms with E-state index >= 15 is 0 Å². The van der Waals surface area contributed by atoms with Gasteiger partial charge >= 0.3 is 0 Å². The fourth-order valence-corrected chi connectivity index (χ4v) is 2.19. The van der Waals surface area contributed by atoms with E-state index in [0.29, 0.717) is 0 Å². The van der Waals surface area contributed by atoms with Crippen molar-refractivity contribution in [3.05, 3.63) is 17.8 Å². The summed E-state index contributed by atoms with van der Waals surface area (Å²) in [7, 11) is 0. The minimum Gasteiger partial charge on any atom is -0.397 e. The molecule has 1 aromatic rings. The summed E-state index contributed by atoms with van der Waals surface area (Å²) in [5.74, 6) is 1.04. The molecule has 0 atom stereocenters. The number of pyridine rings is 1. The van der Waals surface area contributed by atoms with Crippen molar-refractivity contribution >= 4 is 11.5 Å². The lowest BCUT2D eigenvalue weighted by atomic mass is 10.3. The number of rotatable bonds is 8. The second kappa shape index (κ2) is 8.00. The molecule has 19 heavy (non-hydrogen) atoms.